The number of nitrogens with zero attached hydrogens (tertiary/aromatic N) is 6. The molecule has 0 N–H and O–H groups in total. The molecular formula is C18H22N6O3S. The fraction of sp³-hybridized carbons (Fsp3) is 0.556. The van der Waals surface area contributed by atoms with Gasteiger partial charge in [0, 0.05) is 51.4 Å². The maximum atomic E-state index is 13.4. The Morgan fingerprint density at radius 3 is 2.64 bits per heavy atom. The van der Waals surface area contributed by atoms with Crippen molar-refractivity contribution in [3.63, 3.8) is 0 Å². The zero-order valence-electron chi connectivity index (χ0n) is 15.7. The Hall–Kier alpha value is -2.33. The van der Waals surface area contributed by atoms with E-state index in [0.29, 0.717) is 31.0 Å². The van der Waals surface area contributed by atoms with Crippen molar-refractivity contribution in [2.75, 3.05) is 30.8 Å². The van der Waals surface area contributed by atoms with E-state index in [0.717, 1.165) is 37.3 Å². The van der Waals surface area contributed by atoms with Crippen molar-refractivity contribution in [3.05, 3.63) is 45.9 Å². The van der Waals surface area contributed by atoms with Crippen LogP contribution in [0.1, 0.15) is 29.9 Å². The minimum absolute atomic E-state index is 0.0818. The van der Waals surface area contributed by atoms with Crippen molar-refractivity contribution < 1.29 is 8.42 Å². The Bertz CT molecular complexity index is 1100. The van der Waals surface area contributed by atoms with Gasteiger partial charge in [0.1, 0.15) is 5.82 Å². The zero-order chi connectivity index (χ0) is 19.5. The van der Waals surface area contributed by atoms with Crippen molar-refractivity contribution in [2.24, 2.45) is 0 Å². The first kappa shape index (κ1) is 17.7. The molecule has 5 rings (SSSR count). The van der Waals surface area contributed by atoms with E-state index in [-0.39, 0.29) is 17.6 Å². The first-order valence-electron chi connectivity index (χ1n) is 9.49. The molecule has 28 heavy (non-hydrogen) atoms. The van der Waals surface area contributed by atoms with Crippen LogP contribution in [0.4, 0.5) is 5.95 Å². The Kier molecular flexibility index (Phi) is 3.86. The molecule has 0 aromatic carbocycles. The van der Waals surface area contributed by atoms with Crippen LogP contribution >= 0.6 is 0 Å². The van der Waals surface area contributed by atoms with E-state index >= 15 is 0 Å². The summed E-state index contributed by atoms with van der Waals surface area (Å²) in [6.45, 7) is 1.94. The van der Waals surface area contributed by atoms with Crippen LogP contribution in [-0.4, -0.2) is 58.1 Å². The van der Waals surface area contributed by atoms with Gasteiger partial charge in [0.05, 0.1) is 23.1 Å². The highest BCUT2D eigenvalue weighted by molar-refractivity contribution is 7.88. The predicted octanol–water partition coefficient (Wildman–Crippen LogP) is -0.0972. The molecule has 5 heterocycles. The summed E-state index contributed by atoms with van der Waals surface area (Å²) in [7, 11) is -3.34. The van der Waals surface area contributed by atoms with Gasteiger partial charge in [-0.3, -0.25) is 9.36 Å². The van der Waals surface area contributed by atoms with Gasteiger partial charge in [0.2, 0.25) is 16.0 Å². The van der Waals surface area contributed by atoms with Crippen LogP contribution in [0.2, 0.25) is 0 Å². The van der Waals surface area contributed by atoms with Gasteiger partial charge in [-0.15, -0.1) is 0 Å². The summed E-state index contributed by atoms with van der Waals surface area (Å²) < 4.78 is 27.1. The van der Waals surface area contributed by atoms with E-state index in [1.54, 1.807) is 18.5 Å². The molecule has 1 saturated heterocycles. The molecule has 1 spiro atoms. The molecule has 2 aromatic heterocycles. The summed E-state index contributed by atoms with van der Waals surface area (Å²) in [5.41, 5.74) is 0.883. The molecule has 3 aliphatic heterocycles. The maximum Gasteiger partial charge on any atom is 0.258 e. The number of hydrogen-bond donors (Lipinski definition) is 0. The summed E-state index contributed by atoms with van der Waals surface area (Å²) in [6, 6.07) is 1.79. The normalized spacial score (nSPS) is 24.5. The SMILES string of the molecule is CS(=O)(=O)N1CCc2nc3n(c(=O)c2C1)[C@@]1(CC3)CCN(c2ncccn2)C1. The molecule has 0 bridgehead atoms. The van der Waals surface area contributed by atoms with Crippen molar-refractivity contribution in [3.8, 4) is 0 Å². The molecular weight excluding hydrogens is 380 g/mol. The quantitative estimate of drug-likeness (QED) is 0.691. The monoisotopic (exact) mass is 402 g/mol. The van der Waals surface area contributed by atoms with Crippen LogP contribution in [0.25, 0.3) is 0 Å². The number of fused-ring (bicyclic) bond motifs is 3. The molecule has 0 amide bonds. The minimum atomic E-state index is -3.34. The van der Waals surface area contributed by atoms with Gasteiger partial charge in [0.15, 0.2) is 0 Å². The first-order chi connectivity index (χ1) is 13.4. The molecule has 1 fully saturated rings. The van der Waals surface area contributed by atoms with Gasteiger partial charge in [-0.05, 0) is 18.9 Å². The lowest BCUT2D eigenvalue weighted by Gasteiger charge is -2.30. The number of aryl methyl sites for hydroxylation is 1. The molecule has 0 radical (unpaired) electrons. The van der Waals surface area contributed by atoms with Gasteiger partial charge >= 0.3 is 0 Å². The van der Waals surface area contributed by atoms with E-state index < -0.39 is 10.0 Å². The average Bonchev–Trinajstić information content (AvgIpc) is 3.27. The largest absolute Gasteiger partial charge is 0.338 e. The second-order valence-electron chi connectivity index (χ2n) is 7.89. The highest BCUT2D eigenvalue weighted by Crippen LogP contribution is 2.39. The van der Waals surface area contributed by atoms with Gasteiger partial charge in [-0.2, -0.15) is 4.31 Å². The second-order valence-corrected chi connectivity index (χ2v) is 9.87. The van der Waals surface area contributed by atoms with Gasteiger partial charge < -0.3 is 4.90 Å². The Balaban J connectivity index is 1.54. The number of hydrogen-bond acceptors (Lipinski definition) is 7. The number of aromatic nitrogens is 4. The third kappa shape index (κ3) is 2.66. The van der Waals surface area contributed by atoms with Crippen LogP contribution in [0.15, 0.2) is 23.3 Å². The summed E-state index contributed by atoms with van der Waals surface area (Å²) >= 11 is 0. The van der Waals surface area contributed by atoms with Crippen LogP contribution in [0.5, 0.6) is 0 Å². The van der Waals surface area contributed by atoms with E-state index in [2.05, 4.69) is 14.9 Å². The summed E-state index contributed by atoms with van der Waals surface area (Å²) in [4.78, 5) is 29.0. The average molecular weight is 402 g/mol. The lowest BCUT2D eigenvalue weighted by Crippen LogP contribution is -2.46. The molecule has 0 saturated carbocycles. The van der Waals surface area contributed by atoms with Crippen LogP contribution in [0.3, 0.4) is 0 Å². The molecule has 10 heteroatoms. The summed E-state index contributed by atoms with van der Waals surface area (Å²) in [6.07, 6.45) is 7.57. The maximum absolute atomic E-state index is 13.4. The third-order valence-corrected chi connectivity index (χ3v) is 7.44. The lowest BCUT2D eigenvalue weighted by atomic mass is 9.95. The Morgan fingerprint density at radius 1 is 1.11 bits per heavy atom. The lowest BCUT2D eigenvalue weighted by molar-refractivity contribution is 0.319. The third-order valence-electron chi connectivity index (χ3n) is 6.19. The molecule has 3 aliphatic rings. The standard InChI is InChI=1S/C18H22N6O3S/c1-28(26,27)23-9-4-14-13(11-23)16(25)24-15(21-14)3-5-18(24)6-10-22(12-18)17-19-7-2-8-20-17/h2,7-8H,3-6,9-12H2,1H3/t18-/m0/s1. The van der Waals surface area contributed by atoms with E-state index in [9.17, 15) is 13.2 Å². The topological polar surface area (TPSA) is 101 Å². The molecule has 2 aromatic rings. The van der Waals surface area contributed by atoms with Crippen molar-refractivity contribution in [1.82, 2.24) is 23.8 Å². The van der Waals surface area contributed by atoms with Crippen LogP contribution in [-0.2, 0) is 34.9 Å². The fourth-order valence-electron chi connectivity index (χ4n) is 4.77. The minimum Gasteiger partial charge on any atom is -0.338 e. The molecule has 148 valence electrons. The highest BCUT2D eigenvalue weighted by Gasteiger charge is 2.47. The molecule has 1 atom stereocenters. The number of rotatable bonds is 2. The summed E-state index contributed by atoms with van der Waals surface area (Å²) in [5, 5.41) is 0. The second kappa shape index (κ2) is 6.08. The van der Waals surface area contributed by atoms with E-state index in [4.69, 9.17) is 4.98 Å². The van der Waals surface area contributed by atoms with Gasteiger partial charge in [-0.25, -0.2) is 23.4 Å². The summed E-state index contributed by atoms with van der Waals surface area (Å²) in [5.74, 6) is 1.50. The number of anilines is 1. The highest BCUT2D eigenvalue weighted by atomic mass is 32.2. The fourth-order valence-corrected chi connectivity index (χ4v) is 5.55. The smallest absolute Gasteiger partial charge is 0.258 e. The Labute approximate surface area is 163 Å². The molecule has 0 unspecified atom stereocenters. The van der Waals surface area contributed by atoms with Crippen LogP contribution in [0, 0.1) is 0 Å². The van der Waals surface area contributed by atoms with Gasteiger partial charge in [0.25, 0.3) is 5.56 Å². The van der Waals surface area contributed by atoms with Crippen molar-refractivity contribution in [1.29, 1.82) is 0 Å². The molecule has 9 nitrogen and oxygen atoms in total. The number of sulfonamides is 1. The van der Waals surface area contributed by atoms with Crippen molar-refractivity contribution >= 4 is 16.0 Å². The van der Waals surface area contributed by atoms with Crippen LogP contribution < -0.4 is 10.5 Å². The molecule has 0 aliphatic carbocycles. The van der Waals surface area contributed by atoms with E-state index in [1.165, 1.54) is 10.6 Å². The van der Waals surface area contributed by atoms with Gasteiger partial charge in [-0.1, -0.05) is 0 Å². The van der Waals surface area contributed by atoms with Crippen molar-refractivity contribution in [2.45, 2.75) is 37.8 Å². The first-order valence-corrected chi connectivity index (χ1v) is 11.3. The van der Waals surface area contributed by atoms with E-state index in [1.807, 2.05) is 4.57 Å². The Morgan fingerprint density at radius 2 is 1.89 bits per heavy atom. The zero-order valence-corrected chi connectivity index (χ0v) is 16.5. The predicted molar refractivity (Wildman–Crippen MR) is 103 cm³/mol.